The SMILES string of the molecule is COc1ccc(/C=N\Nc2ccnc(=O)[nH]2)c(OC)c1. The molecule has 7 nitrogen and oxygen atoms in total. The Hall–Kier alpha value is -2.83. The van der Waals surface area contributed by atoms with Gasteiger partial charge in [-0.3, -0.25) is 10.4 Å². The molecule has 1 aromatic carbocycles. The maximum atomic E-state index is 11.0. The van der Waals surface area contributed by atoms with Gasteiger partial charge in [0.1, 0.15) is 17.3 Å². The molecule has 0 atom stereocenters. The molecule has 0 saturated carbocycles. The number of aromatic nitrogens is 2. The number of nitrogens with zero attached hydrogens (tertiary/aromatic N) is 2. The van der Waals surface area contributed by atoms with Crippen molar-refractivity contribution in [3.8, 4) is 11.5 Å². The van der Waals surface area contributed by atoms with Crippen LogP contribution in [0, 0.1) is 0 Å². The van der Waals surface area contributed by atoms with Gasteiger partial charge in [-0.05, 0) is 18.2 Å². The summed E-state index contributed by atoms with van der Waals surface area (Å²) in [5.41, 5.74) is 3.04. The van der Waals surface area contributed by atoms with E-state index in [1.807, 2.05) is 6.07 Å². The molecule has 2 aromatic rings. The third kappa shape index (κ3) is 3.35. The van der Waals surface area contributed by atoms with Crippen molar-refractivity contribution in [1.82, 2.24) is 9.97 Å². The molecule has 0 radical (unpaired) electrons. The highest BCUT2D eigenvalue weighted by Crippen LogP contribution is 2.23. The van der Waals surface area contributed by atoms with Crippen LogP contribution in [0.4, 0.5) is 5.82 Å². The molecule has 104 valence electrons. The minimum Gasteiger partial charge on any atom is -0.497 e. The Morgan fingerprint density at radius 3 is 2.85 bits per heavy atom. The van der Waals surface area contributed by atoms with E-state index in [9.17, 15) is 4.79 Å². The number of hydrazone groups is 1. The van der Waals surface area contributed by atoms with Crippen LogP contribution in [0.2, 0.25) is 0 Å². The maximum absolute atomic E-state index is 11.0. The lowest BCUT2D eigenvalue weighted by Crippen LogP contribution is -2.10. The molecule has 2 N–H and O–H groups in total. The molecule has 0 aliphatic heterocycles. The third-order valence-electron chi connectivity index (χ3n) is 2.50. The number of aromatic amines is 1. The largest absolute Gasteiger partial charge is 0.497 e. The van der Waals surface area contributed by atoms with Crippen molar-refractivity contribution >= 4 is 12.0 Å². The fraction of sp³-hybridized carbons (Fsp3) is 0.154. The standard InChI is InChI=1S/C13H14N4O3/c1-19-10-4-3-9(11(7-10)20-2)8-15-17-12-5-6-14-13(18)16-12/h3-8H,1-2H3,(H2,14,16,17,18)/b15-8-. The second-order valence-corrected chi connectivity index (χ2v) is 3.77. The summed E-state index contributed by atoms with van der Waals surface area (Å²) in [6.07, 6.45) is 2.97. The average Bonchev–Trinajstić information content (AvgIpc) is 2.47. The smallest absolute Gasteiger partial charge is 0.346 e. The third-order valence-corrected chi connectivity index (χ3v) is 2.50. The van der Waals surface area contributed by atoms with Gasteiger partial charge in [0, 0.05) is 17.8 Å². The number of nitrogens with one attached hydrogen (secondary N) is 2. The maximum Gasteiger partial charge on any atom is 0.346 e. The van der Waals surface area contributed by atoms with Crippen LogP contribution in [0.25, 0.3) is 0 Å². The Morgan fingerprint density at radius 1 is 1.30 bits per heavy atom. The summed E-state index contributed by atoms with van der Waals surface area (Å²) in [7, 11) is 3.16. The average molecular weight is 274 g/mol. The predicted molar refractivity (Wildman–Crippen MR) is 75.6 cm³/mol. The van der Waals surface area contributed by atoms with Gasteiger partial charge in [0.25, 0.3) is 0 Å². The normalized spacial score (nSPS) is 10.5. The number of H-pyrrole nitrogens is 1. The second-order valence-electron chi connectivity index (χ2n) is 3.77. The van der Waals surface area contributed by atoms with Crippen molar-refractivity contribution in [2.24, 2.45) is 5.10 Å². The van der Waals surface area contributed by atoms with Crippen molar-refractivity contribution < 1.29 is 9.47 Å². The zero-order chi connectivity index (χ0) is 14.4. The topological polar surface area (TPSA) is 88.6 Å². The highest BCUT2D eigenvalue weighted by molar-refractivity contribution is 5.84. The van der Waals surface area contributed by atoms with Crippen LogP contribution in [0.1, 0.15) is 5.56 Å². The summed E-state index contributed by atoms with van der Waals surface area (Å²) >= 11 is 0. The van der Waals surface area contributed by atoms with Gasteiger partial charge < -0.3 is 9.47 Å². The van der Waals surface area contributed by atoms with Crippen LogP contribution >= 0.6 is 0 Å². The molecule has 0 spiro atoms. The summed E-state index contributed by atoms with van der Waals surface area (Å²) in [6, 6.07) is 6.98. The number of methoxy groups -OCH3 is 2. The Kier molecular flexibility index (Phi) is 4.33. The van der Waals surface area contributed by atoms with Gasteiger partial charge in [0.15, 0.2) is 0 Å². The molecule has 0 aliphatic carbocycles. The minimum absolute atomic E-state index is 0.438. The first kappa shape index (κ1) is 13.6. The van der Waals surface area contributed by atoms with Crippen LogP contribution < -0.4 is 20.6 Å². The Balaban J connectivity index is 2.13. The van der Waals surface area contributed by atoms with Gasteiger partial charge in [-0.1, -0.05) is 0 Å². The van der Waals surface area contributed by atoms with Crippen molar-refractivity contribution in [2.75, 3.05) is 19.6 Å². The predicted octanol–water partition coefficient (Wildman–Crippen LogP) is 1.23. The molecule has 7 heteroatoms. The quantitative estimate of drug-likeness (QED) is 0.632. The van der Waals surface area contributed by atoms with Crippen LogP contribution in [-0.2, 0) is 0 Å². The van der Waals surface area contributed by atoms with Gasteiger partial charge in [-0.15, -0.1) is 0 Å². The van der Waals surface area contributed by atoms with Crippen molar-refractivity contribution in [1.29, 1.82) is 0 Å². The van der Waals surface area contributed by atoms with E-state index in [4.69, 9.17) is 9.47 Å². The zero-order valence-electron chi connectivity index (χ0n) is 11.1. The van der Waals surface area contributed by atoms with Crippen molar-refractivity contribution in [2.45, 2.75) is 0 Å². The minimum atomic E-state index is -0.438. The van der Waals surface area contributed by atoms with Crippen LogP contribution in [0.5, 0.6) is 11.5 Å². The lowest BCUT2D eigenvalue weighted by Gasteiger charge is -2.06. The number of benzene rings is 1. The summed E-state index contributed by atoms with van der Waals surface area (Å²) < 4.78 is 10.4. The molecule has 0 saturated heterocycles. The molecule has 0 unspecified atom stereocenters. The summed E-state index contributed by atoms with van der Waals surface area (Å²) in [4.78, 5) is 17.0. The van der Waals surface area contributed by atoms with Crippen LogP contribution in [-0.4, -0.2) is 30.4 Å². The van der Waals surface area contributed by atoms with Gasteiger partial charge in [-0.25, -0.2) is 9.78 Å². The lowest BCUT2D eigenvalue weighted by molar-refractivity contribution is 0.394. The van der Waals surface area contributed by atoms with Crippen LogP contribution in [0.3, 0.4) is 0 Å². The summed E-state index contributed by atoms with van der Waals surface area (Å²) in [6.45, 7) is 0. The highest BCUT2D eigenvalue weighted by atomic mass is 16.5. The molecular formula is C13H14N4O3. The van der Waals surface area contributed by atoms with Gasteiger partial charge in [0.05, 0.1) is 20.4 Å². The van der Waals surface area contributed by atoms with E-state index in [2.05, 4.69) is 20.5 Å². The Bertz CT molecular complexity index is 667. The number of hydrogen-bond acceptors (Lipinski definition) is 6. The number of ether oxygens (including phenoxy) is 2. The van der Waals surface area contributed by atoms with E-state index < -0.39 is 5.69 Å². The van der Waals surface area contributed by atoms with Gasteiger partial charge in [0.2, 0.25) is 0 Å². The second kappa shape index (κ2) is 6.37. The zero-order valence-corrected chi connectivity index (χ0v) is 11.1. The van der Waals surface area contributed by atoms with E-state index in [0.29, 0.717) is 17.3 Å². The fourth-order valence-electron chi connectivity index (χ4n) is 1.53. The Labute approximate surface area is 115 Å². The fourth-order valence-corrected chi connectivity index (χ4v) is 1.53. The molecule has 0 bridgehead atoms. The van der Waals surface area contributed by atoms with Gasteiger partial charge in [-0.2, -0.15) is 5.10 Å². The van der Waals surface area contributed by atoms with Crippen molar-refractivity contribution in [3.63, 3.8) is 0 Å². The lowest BCUT2D eigenvalue weighted by atomic mass is 10.2. The van der Waals surface area contributed by atoms with E-state index in [0.717, 1.165) is 5.56 Å². The molecule has 20 heavy (non-hydrogen) atoms. The van der Waals surface area contributed by atoms with E-state index in [-0.39, 0.29) is 0 Å². The van der Waals surface area contributed by atoms with E-state index >= 15 is 0 Å². The number of anilines is 1. The highest BCUT2D eigenvalue weighted by Gasteiger charge is 2.02. The molecule has 2 rings (SSSR count). The molecular weight excluding hydrogens is 260 g/mol. The monoisotopic (exact) mass is 274 g/mol. The molecule has 1 heterocycles. The summed E-state index contributed by atoms with van der Waals surface area (Å²) in [5, 5.41) is 4.02. The molecule has 0 amide bonds. The first-order valence-corrected chi connectivity index (χ1v) is 5.79. The molecule has 0 fully saturated rings. The first-order chi connectivity index (χ1) is 9.72. The first-order valence-electron chi connectivity index (χ1n) is 5.79. The van der Waals surface area contributed by atoms with E-state index in [1.54, 1.807) is 38.6 Å². The van der Waals surface area contributed by atoms with Gasteiger partial charge >= 0.3 is 5.69 Å². The molecule has 0 aliphatic rings. The number of hydrogen-bond donors (Lipinski definition) is 2. The summed E-state index contributed by atoms with van der Waals surface area (Å²) in [5.74, 6) is 1.79. The number of rotatable bonds is 5. The van der Waals surface area contributed by atoms with Crippen molar-refractivity contribution in [3.05, 3.63) is 46.5 Å². The van der Waals surface area contributed by atoms with Crippen LogP contribution in [0.15, 0.2) is 40.4 Å². The molecule has 1 aromatic heterocycles. The van der Waals surface area contributed by atoms with E-state index in [1.165, 1.54) is 6.20 Å². The Morgan fingerprint density at radius 2 is 2.15 bits per heavy atom.